The van der Waals surface area contributed by atoms with Crippen molar-refractivity contribution in [3.05, 3.63) is 0 Å². The van der Waals surface area contributed by atoms with E-state index in [-0.39, 0.29) is 12.4 Å². The van der Waals surface area contributed by atoms with Gasteiger partial charge in [-0.2, -0.15) is 0 Å². The van der Waals surface area contributed by atoms with Crippen molar-refractivity contribution < 1.29 is 9.47 Å². The predicted octanol–water partition coefficient (Wildman–Crippen LogP) is 2.72. The van der Waals surface area contributed by atoms with E-state index in [1.54, 1.807) is 7.11 Å². The van der Waals surface area contributed by atoms with E-state index in [0.717, 1.165) is 25.7 Å². The second-order valence-corrected chi connectivity index (χ2v) is 3.65. The zero-order valence-electron chi connectivity index (χ0n) is 9.21. The Hall–Kier alpha value is -0.520. The summed E-state index contributed by atoms with van der Waals surface area (Å²) in [6, 6.07) is 0. The molecular weight excluding hydrogens is 176 g/mol. The van der Waals surface area contributed by atoms with Crippen molar-refractivity contribution in [3.63, 3.8) is 0 Å². The van der Waals surface area contributed by atoms with Crippen LogP contribution in [0.2, 0.25) is 0 Å². The topological polar surface area (TPSA) is 18.5 Å². The zero-order valence-corrected chi connectivity index (χ0v) is 9.21. The van der Waals surface area contributed by atoms with Crippen LogP contribution in [0.5, 0.6) is 0 Å². The van der Waals surface area contributed by atoms with Crippen molar-refractivity contribution in [2.75, 3.05) is 7.11 Å². The second kappa shape index (κ2) is 6.86. The van der Waals surface area contributed by atoms with Gasteiger partial charge < -0.3 is 9.47 Å². The molecule has 2 nitrogen and oxygen atoms in total. The molecule has 0 bridgehead atoms. The maximum absolute atomic E-state index is 5.62. The molecule has 1 heterocycles. The third-order valence-electron chi connectivity index (χ3n) is 2.40. The van der Waals surface area contributed by atoms with Gasteiger partial charge in [0.25, 0.3) is 0 Å². The van der Waals surface area contributed by atoms with Gasteiger partial charge in [0.05, 0.1) is 0 Å². The van der Waals surface area contributed by atoms with Gasteiger partial charge >= 0.3 is 0 Å². The molecule has 14 heavy (non-hydrogen) atoms. The molecule has 0 aliphatic carbocycles. The Kier molecular flexibility index (Phi) is 5.66. The van der Waals surface area contributed by atoms with Crippen LogP contribution >= 0.6 is 0 Å². The standard InChI is InChI=1S/C12H20O2/c1-3-4-5-6-8-11-9-7-10-12(13-2)14-11/h11-12H,3-5,7,9-10H2,1-2H3/t11-,12+/m1/s1. The van der Waals surface area contributed by atoms with Crippen LogP contribution in [0.25, 0.3) is 0 Å². The maximum Gasteiger partial charge on any atom is 0.158 e. The molecule has 1 rings (SSSR count). The number of ether oxygens (including phenoxy) is 2. The first-order valence-electron chi connectivity index (χ1n) is 5.53. The van der Waals surface area contributed by atoms with Crippen LogP contribution in [-0.2, 0) is 9.47 Å². The molecule has 0 amide bonds. The Morgan fingerprint density at radius 2 is 2.29 bits per heavy atom. The van der Waals surface area contributed by atoms with Crippen LogP contribution in [0.1, 0.15) is 45.4 Å². The Morgan fingerprint density at radius 3 is 3.00 bits per heavy atom. The quantitative estimate of drug-likeness (QED) is 0.510. The molecule has 0 unspecified atom stereocenters. The summed E-state index contributed by atoms with van der Waals surface area (Å²) in [5.74, 6) is 6.34. The van der Waals surface area contributed by atoms with Crippen LogP contribution < -0.4 is 0 Å². The second-order valence-electron chi connectivity index (χ2n) is 3.65. The van der Waals surface area contributed by atoms with Gasteiger partial charge in [0.15, 0.2) is 6.29 Å². The molecule has 1 saturated heterocycles. The van der Waals surface area contributed by atoms with Gasteiger partial charge in [-0.25, -0.2) is 0 Å². The minimum absolute atomic E-state index is 0.0331. The molecule has 0 N–H and O–H groups in total. The highest BCUT2D eigenvalue weighted by Gasteiger charge is 2.19. The van der Waals surface area contributed by atoms with Crippen LogP contribution in [0, 0.1) is 11.8 Å². The lowest BCUT2D eigenvalue weighted by Gasteiger charge is -2.25. The third-order valence-corrected chi connectivity index (χ3v) is 2.40. The van der Waals surface area contributed by atoms with Gasteiger partial charge in [0.2, 0.25) is 0 Å². The molecule has 0 aromatic rings. The molecule has 2 heteroatoms. The number of methoxy groups -OCH3 is 1. The lowest BCUT2D eigenvalue weighted by atomic mass is 10.1. The predicted molar refractivity (Wildman–Crippen MR) is 56.8 cm³/mol. The minimum atomic E-state index is -0.0331. The first-order valence-corrected chi connectivity index (χ1v) is 5.53. The Balaban J connectivity index is 2.24. The van der Waals surface area contributed by atoms with Crippen molar-refractivity contribution in [2.45, 2.75) is 57.8 Å². The average Bonchev–Trinajstić information content (AvgIpc) is 2.25. The highest BCUT2D eigenvalue weighted by Crippen LogP contribution is 2.18. The Bertz CT molecular complexity index is 202. The summed E-state index contributed by atoms with van der Waals surface area (Å²) < 4.78 is 10.8. The van der Waals surface area contributed by atoms with E-state index >= 15 is 0 Å². The van der Waals surface area contributed by atoms with E-state index < -0.39 is 0 Å². The van der Waals surface area contributed by atoms with E-state index in [9.17, 15) is 0 Å². The van der Waals surface area contributed by atoms with Crippen molar-refractivity contribution in [3.8, 4) is 11.8 Å². The smallest absolute Gasteiger partial charge is 0.158 e. The SMILES string of the molecule is CCCCC#C[C@@H]1CCC[C@@H](OC)O1. The van der Waals surface area contributed by atoms with Crippen molar-refractivity contribution in [1.82, 2.24) is 0 Å². The van der Waals surface area contributed by atoms with Crippen molar-refractivity contribution >= 4 is 0 Å². The summed E-state index contributed by atoms with van der Waals surface area (Å²) in [6.07, 6.45) is 6.68. The Labute approximate surface area is 87.0 Å². The molecule has 0 saturated carbocycles. The van der Waals surface area contributed by atoms with Crippen LogP contribution in [0.15, 0.2) is 0 Å². The van der Waals surface area contributed by atoms with E-state index in [1.807, 2.05) is 0 Å². The van der Waals surface area contributed by atoms with E-state index in [4.69, 9.17) is 9.47 Å². The number of rotatable bonds is 3. The molecule has 1 aliphatic heterocycles. The fourth-order valence-electron chi connectivity index (χ4n) is 1.52. The van der Waals surface area contributed by atoms with Gasteiger partial charge in [0, 0.05) is 13.5 Å². The fraction of sp³-hybridized carbons (Fsp3) is 0.833. The summed E-state index contributed by atoms with van der Waals surface area (Å²) >= 11 is 0. The van der Waals surface area contributed by atoms with Crippen LogP contribution in [0.4, 0.5) is 0 Å². The van der Waals surface area contributed by atoms with Crippen LogP contribution in [-0.4, -0.2) is 19.5 Å². The maximum atomic E-state index is 5.62. The highest BCUT2D eigenvalue weighted by atomic mass is 16.7. The van der Waals surface area contributed by atoms with Gasteiger partial charge in [-0.1, -0.05) is 19.3 Å². The molecule has 0 radical (unpaired) electrons. The van der Waals surface area contributed by atoms with Crippen molar-refractivity contribution in [2.24, 2.45) is 0 Å². The number of hydrogen-bond donors (Lipinski definition) is 0. The molecule has 1 fully saturated rings. The first kappa shape index (κ1) is 11.6. The third kappa shape index (κ3) is 4.13. The highest BCUT2D eigenvalue weighted by molar-refractivity contribution is 5.05. The molecular formula is C12H20O2. The van der Waals surface area contributed by atoms with Gasteiger partial charge in [-0.05, 0) is 25.7 Å². The van der Waals surface area contributed by atoms with Gasteiger partial charge in [-0.15, -0.1) is 5.92 Å². The lowest BCUT2D eigenvalue weighted by Crippen LogP contribution is -2.27. The average molecular weight is 196 g/mol. The Morgan fingerprint density at radius 1 is 1.43 bits per heavy atom. The largest absolute Gasteiger partial charge is 0.356 e. The van der Waals surface area contributed by atoms with Gasteiger partial charge in [0.1, 0.15) is 6.10 Å². The molecule has 80 valence electrons. The monoisotopic (exact) mass is 196 g/mol. The molecule has 1 aliphatic rings. The molecule has 0 aromatic heterocycles. The van der Waals surface area contributed by atoms with Crippen molar-refractivity contribution in [1.29, 1.82) is 0 Å². The van der Waals surface area contributed by atoms with E-state index in [0.29, 0.717) is 0 Å². The molecule has 2 atom stereocenters. The summed E-state index contributed by atoms with van der Waals surface area (Å²) in [6.45, 7) is 2.18. The molecule has 0 aromatic carbocycles. The first-order chi connectivity index (χ1) is 6.86. The van der Waals surface area contributed by atoms with E-state index in [1.165, 1.54) is 12.8 Å². The zero-order chi connectivity index (χ0) is 10.2. The summed E-state index contributed by atoms with van der Waals surface area (Å²) in [5, 5.41) is 0. The number of unbranched alkanes of at least 4 members (excludes halogenated alkanes) is 2. The molecule has 0 spiro atoms. The van der Waals surface area contributed by atoms with Gasteiger partial charge in [-0.3, -0.25) is 0 Å². The summed E-state index contributed by atoms with van der Waals surface area (Å²) in [5.41, 5.74) is 0. The normalized spacial score (nSPS) is 26.7. The lowest BCUT2D eigenvalue weighted by molar-refractivity contribution is -0.164. The van der Waals surface area contributed by atoms with Crippen LogP contribution in [0.3, 0.4) is 0 Å². The minimum Gasteiger partial charge on any atom is -0.356 e. The van der Waals surface area contributed by atoms with E-state index in [2.05, 4.69) is 18.8 Å². The summed E-state index contributed by atoms with van der Waals surface area (Å²) in [4.78, 5) is 0. The summed E-state index contributed by atoms with van der Waals surface area (Å²) in [7, 11) is 1.69. The fourth-order valence-corrected chi connectivity index (χ4v) is 1.52. The number of hydrogen-bond acceptors (Lipinski definition) is 2.